The topological polar surface area (TPSA) is 163 Å². The normalized spacial score (nSPS) is 29.5. The standard InChI is InChI=1S/C53H69N7O6/c1-28-9-19-47(59(28)52(63)44(21-30(3)61)38-22-31(4)65-32(5)23-38)51-55-27-46(58-51)43-18-15-40(41-16-17-42(41)43)36-11-13-37(14-12-36)45-26-54-50(57-45)48-20-10-29(2)60(48)53(64)49(56-35(8)62)39-24-33(6)66-34(7)25-39/h11-15,18,26-29,31-34,38-39,44,47-49H,9-10,16-17,19-25H2,1-8H3,(H,54,57)(H,55,58)(H,56,62)/t28-,29-,31-,32+,33-,34+,38?,39?,44-,47-,48-,49-/m0/s1. The van der Waals surface area contributed by atoms with Crippen LogP contribution in [0.3, 0.4) is 0 Å². The third-order valence-corrected chi connectivity index (χ3v) is 15.5. The molecule has 66 heavy (non-hydrogen) atoms. The maximum atomic E-state index is 14.5. The monoisotopic (exact) mass is 900 g/mol. The smallest absolute Gasteiger partial charge is 0.246 e. The number of hydrogen-bond donors (Lipinski definition) is 3. The number of aromatic amines is 2. The van der Waals surface area contributed by atoms with Crippen LogP contribution in [-0.2, 0) is 41.5 Å². The third kappa shape index (κ3) is 9.14. The van der Waals surface area contributed by atoms with E-state index in [1.165, 1.54) is 23.6 Å². The number of nitrogens with zero attached hydrogens (tertiary/aromatic N) is 4. The molecule has 0 saturated carbocycles. The van der Waals surface area contributed by atoms with Crippen molar-refractivity contribution >= 4 is 23.5 Å². The molecule has 0 radical (unpaired) electrons. The van der Waals surface area contributed by atoms with Crippen molar-refractivity contribution in [3.63, 3.8) is 0 Å². The van der Waals surface area contributed by atoms with Gasteiger partial charge in [-0.1, -0.05) is 36.4 Å². The zero-order valence-corrected chi connectivity index (χ0v) is 40.1. The lowest BCUT2D eigenvalue weighted by molar-refractivity contribution is -0.146. The first kappa shape index (κ1) is 46.0. The number of amides is 3. The zero-order chi connectivity index (χ0) is 46.6. The molecule has 4 saturated heterocycles. The first-order valence-corrected chi connectivity index (χ1v) is 24.7. The minimum absolute atomic E-state index is 0.00367. The minimum Gasteiger partial charge on any atom is -0.376 e. The summed E-state index contributed by atoms with van der Waals surface area (Å²) in [5.74, 6) is 1.19. The Bertz CT molecular complexity index is 2420. The van der Waals surface area contributed by atoms with Crippen LogP contribution in [0.1, 0.15) is 148 Å². The van der Waals surface area contributed by atoms with Crippen molar-refractivity contribution in [1.29, 1.82) is 0 Å². The predicted molar refractivity (Wildman–Crippen MR) is 253 cm³/mol. The Morgan fingerprint density at radius 3 is 1.67 bits per heavy atom. The number of hydrogen-bond acceptors (Lipinski definition) is 8. The van der Waals surface area contributed by atoms with Gasteiger partial charge in [-0.2, -0.15) is 0 Å². The second-order valence-electron chi connectivity index (χ2n) is 20.6. The Kier molecular flexibility index (Phi) is 13.1. The van der Waals surface area contributed by atoms with Crippen molar-refractivity contribution in [3.05, 3.63) is 71.6 Å². The van der Waals surface area contributed by atoms with Crippen molar-refractivity contribution < 1.29 is 28.7 Å². The molecule has 2 unspecified atom stereocenters. The van der Waals surface area contributed by atoms with Gasteiger partial charge in [0.2, 0.25) is 17.7 Å². The molecule has 12 atom stereocenters. The van der Waals surface area contributed by atoms with Crippen LogP contribution in [-0.4, -0.2) is 95.8 Å². The molecule has 2 aromatic carbocycles. The van der Waals surface area contributed by atoms with E-state index in [2.05, 4.69) is 79.4 Å². The van der Waals surface area contributed by atoms with Gasteiger partial charge in [0.05, 0.1) is 60.3 Å². The number of likely N-dealkylation sites (tertiary alicyclic amines) is 2. The lowest BCUT2D eigenvalue weighted by Crippen LogP contribution is -2.55. The van der Waals surface area contributed by atoms with Gasteiger partial charge in [0, 0.05) is 36.9 Å². The van der Waals surface area contributed by atoms with Gasteiger partial charge < -0.3 is 39.4 Å². The Labute approximate surface area is 389 Å². The molecule has 4 aliphatic heterocycles. The van der Waals surface area contributed by atoms with Crippen LogP contribution in [0.15, 0.2) is 48.8 Å². The van der Waals surface area contributed by atoms with Gasteiger partial charge in [-0.3, -0.25) is 14.4 Å². The summed E-state index contributed by atoms with van der Waals surface area (Å²) in [6.45, 7) is 15.5. The molecule has 13 heteroatoms. The molecular formula is C53H69N7O6. The van der Waals surface area contributed by atoms with E-state index in [4.69, 9.17) is 19.4 Å². The molecule has 13 nitrogen and oxygen atoms in total. The molecule has 4 aromatic rings. The van der Waals surface area contributed by atoms with Crippen LogP contribution in [0, 0.1) is 17.8 Å². The predicted octanol–water partition coefficient (Wildman–Crippen LogP) is 8.84. The minimum atomic E-state index is -0.609. The Morgan fingerprint density at radius 2 is 1.12 bits per heavy atom. The number of nitrogens with one attached hydrogen (secondary N) is 3. The molecule has 6 heterocycles. The number of aromatic nitrogens is 4. The Morgan fingerprint density at radius 1 is 0.636 bits per heavy atom. The maximum absolute atomic E-state index is 14.5. The van der Waals surface area contributed by atoms with Crippen LogP contribution < -0.4 is 5.32 Å². The van der Waals surface area contributed by atoms with Crippen LogP contribution >= 0.6 is 0 Å². The van der Waals surface area contributed by atoms with E-state index in [9.17, 15) is 19.2 Å². The van der Waals surface area contributed by atoms with Gasteiger partial charge in [-0.25, -0.2) is 9.97 Å². The number of carbonyl (C=O) groups is 4. The highest BCUT2D eigenvalue weighted by Crippen LogP contribution is 2.44. The van der Waals surface area contributed by atoms with E-state index in [0.717, 1.165) is 104 Å². The van der Waals surface area contributed by atoms with Gasteiger partial charge >= 0.3 is 0 Å². The summed E-state index contributed by atoms with van der Waals surface area (Å²) < 4.78 is 12.0. The summed E-state index contributed by atoms with van der Waals surface area (Å²) in [6.07, 6.45) is 12.6. The SMILES string of the molecule is CC(=O)C[C@H](C(=O)N1[C@@H](C)CC[C@H]1c1ncc(-c2ccc(-c3ccc(-c4cnc([C@@H]5CC[C@H](C)N5C(=O)[C@@H](NC(C)=O)C5C[C@@H](C)O[C@@H](C)C5)[nH]4)cc3)c3c2CC3)[nH]1)C1C[C@@H](C)O[C@@H](C)C1. The average molecular weight is 900 g/mol. The third-order valence-electron chi connectivity index (χ3n) is 15.5. The fraction of sp³-hybridized carbons (Fsp3) is 0.585. The quantitative estimate of drug-likeness (QED) is 0.127. The molecule has 4 fully saturated rings. The second kappa shape index (κ2) is 18.9. The zero-order valence-electron chi connectivity index (χ0n) is 40.1. The van der Waals surface area contributed by atoms with E-state index in [1.807, 2.05) is 36.0 Å². The van der Waals surface area contributed by atoms with Crippen LogP contribution in [0.2, 0.25) is 0 Å². The summed E-state index contributed by atoms with van der Waals surface area (Å²) in [4.78, 5) is 74.8. The highest BCUT2D eigenvalue weighted by molar-refractivity contribution is 5.88. The number of fused-ring (bicyclic) bond motifs is 1. The van der Waals surface area contributed by atoms with Crippen LogP contribution in [0.5, 0.6) is 0 Å². The molecule has 0 bridgehead atoms. The Hall–Kier alpha value is -5.14. The molecule has 2 aromatic heterocycles. The van der Waals surface area contributed by atoms with E-state index in [0.29, 0.717) is 0 Å². The first-order chi connectivity index (χ1) is 31.6. The average Bonchev–Trinajstić information content (AvgIpc) is 4.08. The fourth-order valence-electron chi connectivity index (χ4n) is 12.5. The van der Waals surface area contributed by atoms with Gasteiger partial charge in [0.1, 0.15) is 23.5 Å². The number of imidazole rings is 2. The number of rotatable bonds is 12. The summed E-state index contributed by atoms with van der Waals surface area (Å²) in [6, 6.07) is 12.1. The molecular weight excluding hydrogens is 831 g/mol. The molecule has 3 N–H and O–H groups in total. The number of H-pyrrole nitrogens is 2. The number of ketones is 1. The van der Waals surface area contributed by atoms with E-state index < -0.39 is 6.04 Å². The van der Waals surface area contributed by atoms with Crippen molar-refractivity contribution in [2.45, 2.75) is 181 Å². The molecule has 0 spiro atoms. The lowest BCUT2D eigenvalue weighted by atomic mass is 9.78. The van der Waals surface area contributed by atoms with Gasteiger partial charge in [0.15, 0.2) is 0 Å². The van der Waals surface area contributed by atoms with Crippen LogP contribution in [0.4, 0.5) is 0 Å². The molecule has 3 amide bonds. The number of benzene rings is 2. The molecule has 352 valence electrons. The lowest BCUT2D eigenvalue weighted by Gasteiger charge is -2.39. The van der Waals surface area contributed by atoms with E-state index in [-0.39, 0.29) is 96.3 Å². The largest absolute Gasteiger partial charge is 0.376 e. The first-order valence-electron chi connectivity index (χ1n) is 24.7. The molecule has 9 rings (SSSR count). The Balaban J connectivity index is 0.898. The van der Waals surface area contributed by atoms with E-state index in [1.54, 1.807) is 6.92 Å². The van der Waals surface area contributed by atoms with Crippen LogP contribution in [0.25, 0.3) is 33.6 Å². The number of Topliss-reactive ketones (excluding diaryl/α,β-unsaturated/α-hetero) is 1. The summed E-state index contributed by atoms with van der Waals surface area (Å²) >= 11 is 0. The van der Waals surface area contributed by atoms with E-state index >= 15 is 0 Å². The number of ether oxygens (including phenoxy) is 2. The molecule has 1 aliphatic carbocycles. The number of carbonyl (C=O) groups excluding carboxylic acids is 4. The highest BCUT2D eigenvalue weighted by Gasteiger charge is 2.46. The van der Waals surface area contributed by atoms with Crippen molar-refractivity contribution in [1.82, 2.24) is 35.1 Å². The molecule has 5 aliphatic rings. The van der Waals surface area contributed by atoms with Crippen molar-refractivity contribution in [3.8, 4) is 33.6 Å². The summed E-state index contributed by atoms with van der Waals surface area (Å²) in [5.41, 5.74) is 9.08. The summed E-state index contributed by atoms with van der Waals surface area (Å²) in [5, 5.41) is 3.02. The van der Waals surface area contributed by atoms with Crippen molar-refractivity contribution in [2.75, 3.05) is 0 Å². The second-order valence-corrected chi connectivity index (χ2v) is 20.6. The summed E-state index contributed by atoms with van der Waals surface area (Å²) in [7, 11) is 0. The van der Waals surface area contributed by atoms with Gasteiger partial charge in [0.25, 0.3) is 0 Å². The van der Waals surface area contributed by atoms with Gasteiger partial charge in [-0.05, 0) is 152 Å². The highest BCUT2D eigenvalue weighted by atomic mass is 16.5. The fourth-order valence-corrected chi connectivity index (χ4v) is 12.5. The maximum Gasteiger partial charge on any atom is 0.246 e. The van der Waals surface area contributed by atoms with Crippen molar-refractivity contribution in [2.24, 2.45) is 17.8 Å². The van der Waals surface area contributed by atoms with Gasteiger partial charge in [-0.15, -0.1) is 0 Å².